The fourth-order valence-electron chi connectivity index (χ4n) is 1.000. The molecule has 0 aliphatic heterocycles. The quantitative estimate of drug-likeness (QED) is 0.498. The maximum absolute atomic E-state index is 10.2. The molecule has 13 heavy (non-hydrogen) atoms. The van der Waals surface area contributed by atoms with E-state index in [9.17, 15) is 13.0 Å². The van der Waals surface area contributed by atoms with Gasteiger partial charge in [0.15, 0.2) is 0 Å². The van der Waals surface area contributed by atoms with E-state index >= 15 is 0 Å². The number of unbranched alkanes of at least 4 members (excludes halogenated alkanes) is 1. The summed E-state index contributed by atoms with van der Waals surface area (Å²) < 4.78 is 30.5. The molecule has 80 valence electrons. The molecule has 0 aliphatic carbocycles. The van der Waals surface area contributed by atoms with E-state index in [0.29, 0.717) is 12.5 Å². The molecule has 1 N–H and O–H groups in total. The Balaban J connectivity index is 3.18. The second-order valence-corrected chi connectivity index (χ2v) is 5.00. The highest BCUT2D eigenvalue weighted by atomic mass is 32.2. The second-order valence-electron chi connectivity index (χ2n) is 3.59. The zero-order valence-corrected chi connectivity index (χ0v) is 9.06. The summed E-state index contributed by atoms with van der Waals surface area (Å²) in [5.74, 6) is 0.234. The third kappa shape index (κ3) is 11.9. The maximum Gasteiger partial charge on any atom is 0.108 e. The van der Waals surface area contributed by atoms with Gasteiger partial charge in [0.2, 0.25) is 0 Å². The number of nitrogens with one attached hydrogen (secondary N) is 1. The summed E-state index contributed by atoms with van der Waals surface area (Å²) in [6, 6.07) is 0. The number of hydrogen-bond donors (Lipinski definition) is 1. The number of rotatable bonds is 7. The van der Waals surface area contributed by atoms with E-state index in [0.717, 1.165) is 19.3 Å². The molecule has 0 aromatic rings. The Labute approximate surface area is 80.5 Å². The lowest BCUT2D eigenvalue weighted by Gasteiger charge is -2.08. The lowest BCUT2D eigenvalue weighted by molar-refractivity contribution is 0.454. The van der Waals surface area contributed by atoms with Gasteiger partial charge in [-0.25, -0.2) is 8.42 Å². The SMILES string of the molecule is CC(C)CCCCNCS(=O)(=O)[O-]. The van der Waals surface area contributed by atoms with Crippen LogP contribution >= 0.6 is 0 Å². The molecule has 4 nitrogen and oxygen atoms in total. The van der Waals surface area contributed by atoms with E-state index < -0.39 is 16.0 Å². The van der Waals surface area contributed by atoms with Gasteiger partial charge < -0.3 is 9.87 Å². The van der Waals surface area contributed by atoms with Gasteiger partial charge in [-0.2, -0.15) is 0 Å². The summed E-state index contributed by atoms with van der Waals surface area (Å²) in [7, 11) is -4.09. The van der Waals surface area contributed by atoms with Crippen LogP contribution in [-0.2, 0) is 10.1 Å². The topological polar surface area (TPSA) is 69.2 Å². The molecule has 0 aliphatic rings. The zero-order chi connectivity index (χ0) is 10.3. The highest BCUT2D eigenvalue weighted by Crippen LogP contribution is 2.04. The third-order valence-electron chi connectivity index (χ3n) is 1.66. The van der Waals surface area contributed by atoms with Gasteiger partial charge in [0.05, 0.1) is 5.88 Å². The molecule has 0 saturated heterocycles. The Bertz CT molecular complexity index is 211. The van der Waals surface area contributed by atoms with Crippen molar-refractivity contribution in [3.8, 4) is 0 Å². The molecular formula is C8H18NO3S-. The summed E-state index contributed by atoms with van der Waals surface area (Å²) in [5, 5.41) is 2.60. The first-order valence-corrected chi connectivity index (χ1v) is 6.14. The molecule has 0 amide bonds. The van der Waals surface area contributed by atoms with Crippen LogP contribution in [0.5, 0.6) is 0 Å². The Morgan fingerprint density at radius 2 is 1.92 bits per heavy atom. The first-order chi connectivity index (χ1) is 5.92. The van der Waals surface area contributed by atoms with Crippen molar-refractivity contribution in [2.75, 3.05) is 12.4 Å². The standard InChI is InChI=1S/C8H19NO3S/c1-8(2)5-3-4-6-9-7-13(10,11)12/h8-9H,3-7H2,1-2H3,(H,10,11,12)/p-1. The fourth-order valence-corrected chi connectivity index (χ4v) is 1.39. The van der Waals surface area contributed by atoms with Crippen molar-refractivity contribution in [2.24, 2.45) is 5.92 Å². The molecule has 0 heterocycles. The van der Waals surface area contributed by atoms with Gasteiger partial charge in [-0.15, -0.1) is 0 Å². The largest absolute Gasteiger partial charge is 0.747 e. The minimum absolute atomic E-state index is 0.450. The summed E-state index contributed by atoms with van der Waals surface area (Å²) >= 11 is 0. The predicted octanol–water partition coefficient (Wildman–Crippen LogP) is 0.905. The number of hydrogen-bond acceptors (Lipinski definition) is 4. The summed E-state index contributed by atoms with van der Waals surface area (Å²) in [4.78, 5) is 0. The van der Waals surface area contributed by atoms with Crippen molar-refractivity contribution < 1.29 is 13.0 Å². The normalized spacial score (nSPS) is 12.3. The lowest BCUT2D eigenvalue weighted by atomic mass is 10.1. The molecule has 0 spiro atoms. The molecule has 0 rings (SSSR count). The Hall–Kier alpha value is -0.130. The highest BCUT2D eigenvalue weighted by molar-refractivity contribution is 7.85. The van der Waals surface area contributed by atoms with E-state index in [1.165, 1.54) is 0 Å². The molecule has 0 aromatic heterocycles. The van der Waals surface area contributed by atoms with Crippen molar-refractivity contribution in [3.63, 3.8) is 0 Å². The van der Waals surface area contributed by atoms with Crippen LogP contribution in [0, 0.1) is 5.92 Å². The molecule has 0 saturated carbocycles. The van der Waals surface area contributed by atoms with Crippen molar-refractivity contribution >= 4 is 10.1 Å². The Morgan fingerprint density at radius 3 is 2.38 bits per heavy atom. The highest BCUT2D eigenvalue weighted by Gasteiger charge is 1.95. The first kappa shape index (κ1) is 12.9. The van der Waals surface area contributed by atoms with E-state index in [1.54, 1.807) is 0 Å². The molecule has 0 fully saturated rings. The van der Waals surface area contributed by atoms with Crippen LogP contribution in [0.2, 0.25) is 0 Å². The van der Waals surface area contributed by atoms with E-state index in [4.69, 9.17) is 0 Å². The summed E-state index contributed by atoms with van der Waals surface area (Å²) in [5.41, 5.74) is 0. The minimum Gasteiger partial charge on any atom is -0.747 e. The molecule has 0 radical (unpaired) electrons. The monoisotopic (exact) mass is 208 g/mol. The van der Waals surface area contributed by atoms with Gasteiger partial charge >= 0.3 is 0 Å². The van der Waals surface area contributed by atoms with Crippen molar-refractivity contribution in [3.05, 3.63) is 0 Å². The van der Waals surface area contributed by atoms with Gasteiger partial charge in [0.1, 0.15) is 10.1 Å². The predicted molar refractivity (Wildman–Crippen MR) is 51.3 cm³/mol. The molecule has 0 aromatic carbocycles. The van der Waals surface area contributed by atoms with Crippen LogP contribution in [0.25, 0.3) is 0 Å². The van der Waals surface area contributed by atoms with E-state index in [1.807, 2.05) is 0 Å². The first-order valence-electron chi connectivity index (χ1n) is 4.56. The lowest BCUT2D eigenvalue weighted by Crippen LogP contribution is -2.23. The van der Waals surface area contributed by atoms with Crippen LogP contribution in [0.1, 0.15) is 33.1 Å². The fraction of sp³-hybridized carbons (Fsp3) is 1.00. The van der Waals surface area contributed by atoms with Crippen molar-refractivity contribution in [2.45, 2.75) is 33.1 Å². The second kappa shape index (κ2) is 6.34. The van der Waals surface area contributed by atoms with Crippen LogP contribution in [0.15, 0.2) is 0 Å². The smallest absolute Gasteiger partial charge is 0.108 e. The van der Waals surface area contributed by atoms with Crippen molar-refractivity contribution in [1.29, 1.82) is 0 Å². The van der Waals surface area contributed by atoms with Gasteiger partial charge in [-0.1, -0.05) is 26.7 Å². The maximum atomic E-state index is 10.2. The molecule has 5 heteroatoms. The molecule has 0 atom stereocenters. The Morgan fingerprint density at radius 1 is 1.31 bits per heavy atom. The molecular weight excluding hydrogens is 190 g/mol. The van der Waals surface area contributed by atoms with E-state index in [-0.39, 0.29) is 0 Å². The molecule has 0 unspecified atom stereocenters. The van der Waals surface area contributed by atoms with Gasteiger partial charge in [0, 0.05) is 0 Å². The van der Waals surface area contributed by atoms with Crippen LogP contribution in [0.3, 0.4) is 0 Å². The summed E-state index contributed by atoms with van der Waals surface area (Å²) in [6.45, 7) is 4.90. The van der Waals surface area contributed by atoms with Crippen molar-refractivity contribution in [1.82, 2.24) is 5.32 Å². The van der Waals surface area contributed by atoms with E-state index in [2.05, 4.69) is 19.2 Å². The minimum atomic E-state index is -4.09. The van der Waals surface area contributed by atoms with Crippen LogP contribution in [0.4, 0.5) is 0 Å². The van der Waals surface area contributed by atoms with Crippen LogP contribution in [-0.4, -0.2) is 25.4 Å². The van der Waals surface area contributed by atoms with Gasteiger partial charge in [0.25, 0.3) is 0 Å². The summed E-state index contributed by atoms with van der Waals surface area (Å²) in [6.07, 6.45) is 3.14. The average molecular weight is 208 g/mol. The Kier molecular flexibility index (Phi) is 6.28. The third-order valence-corrected chi connectivity index (χ3v) is 2.22. The molecule has 0 bridgehead atoms. The zero-order valence-electron chi connectivity index (χ0n) is 8.25. The average Bonchev–Trinajstić information content (AvgIpc) is 1.93. The van der Waals surface area contributed by atoms with Gasteiger partial charge in [-0.3, -0.25) is 0 Å². The van der Waals surface area contributed by atoms with Crippen LogP contribution < -0.4 is 5.32 Å². The van der Waals surface area contributed by atoms with Gasteiger partial charge in [-0.05, 0) is 18.9 Å².